The number of carbonyl (C=O) groups is 3. The number of nitrogens with zero attached hydrogens (tertiary/aromatic N) is 7. The minimum absolute atomic E-state index is 0.138. The smallest absolute Gasteiger partial charge is 0.267 e. The first-order valence-electron chi connectivity index (χ1n) is 19.3. The molecular formula is C42H49F2N9O4. The Balaban J connectivity index is 0.000000172. The summed E-state index contributed by atoms with van der Waals surface area (Å²) in [6.45, 7) is 3.89. The summed E-state index contributed by atoms with van der Waals surface area (Å²) in [6, 6.07) is 13.1. The van der Waals surface area contributed by atoms with Gasteiger partial charge in [-0.1, -0.05) is 37.5 Å². The minimum Gasteiger partial charge on any atom is -0.386 e. The normalized spacial score (nSPS) is 18.8. The van der Waals surface area contributed by atoms with E-state index >= 15 is 0 Å². The minimum atomic E-state index is -2.69. The van der Waals surface area contributed by atoms with Crippen molar-refractivity contribution in [3.8, 4) is 6.07 Å². The molecule has 1 unspecified atom stereocenters. The Hall–Kier alpha value is -5.59. The fourth-order valence-electron chi connectivity index (χ4n) is 7.78. The highest BCUT2D eigenvalue weighted by Gasteiger charge is 2.45. The van der Waals surface area contributed by atoms with E-state index in [0.717, 1.165) is 40.2 Å². The molecule has 13 nitrogen and oxygen atoms in total. The molecule has 0 radical (unpaired) electrons. The molecule has 15 heteroatoms. The van der Waals surface area contributed by atoms with E-state index in [4.69, 9.17) is 10.4 Å². The Morgan fingerprint density at radius 2 is 1.74 bits per heavy atom. The average Bonchev–Trinajstić information content (AvgIpc) is 3.78. The number of anilines is 1. The summed E-state index contributed by atoms with van der Waals surface area (Å²) in [7, 11) is 3.55. The van der Waals surface area contributed by atoms with Crippen molar-refractivity contribution in [3.63, 3.8) is 0 Å². The van der Waals surface area contributed by atoms with Crippen molar-refractivity contribution >= 4 is 45.2 Å². The van der Waals surface area contributed by atoms with Gasteiger partial charge in [-0.2, -0.15) is 15.5 Å². The number of aryl methyl sites for hydroxylation is 1. The van der Waals surface area contributed by atoms with Gasteiger partial charge in [-0.05, 0) is 76.9 Å². The van der Waals surface area contributed by atoms with Crippen LogP contribution in [0.2, 0.25) is 0 Å². The maximum absolute atomic E-state index is 14.3. The Labute approximate surface area is 330 Å². The van der Waals surface area contributed by atoms with E-state index in [-0.39, 0.29) is 29.8 Å². The Bertz CT molecular complexity index is 2290. The fraction of sp³-hybridized carbons (Fsp3) is 0.452. The molecule has 8 rings (SSSR count). The van der Waals surface area contributed by atoms with Crippen molar-refractivity contribution in [2.75, 3.05) is 25.5 Å². The van der Waals surface area contributed by atoms with Gasteiger partial charge in [-0.25, -0.2) is 8.78 Å². The Morgan fingerprint density at radius 1 is 1.00 bits per heavy atom. The van der Waals surface area contributed by atoms with Crippen LogP contribution in [0.25, 0.3) is 21.8 Å². The van der Waals surface area contributed by atoms with Crippen molar-refractivity contribution in [1.82, 2.24) is 34.8 Å². The number of alkyl halides is 2. The van der Waals surface area contributed by atoms with Crippen LogP contribution >= 0.6 is 0 Å². The van der Waals surface area contributed by atoms with Crippen molar-refractivity contribution in [2.24, 2.45) is 7.05 Å². The summed E-state index contributed by atoms with van der Waals surface area (Å²) in [5, 5.41) is 35.6. The Morgan fingerprint density at radius 3 is 2.39 bits per heavy atom. The first kappa shape index (κ1) is 41.1. The fourth-order valence-corrected chi connectivity index (χ4v) is 7.78. The van der Waals surface area contributed by atoms with Crippen molar-refractivity contribution in [3.05, 3.63) is 83.4 Å². The molecule has 1 saturated carbocycles. The van der Waals surface area contributed by atoms with Gasteiger partial charge in [0.2, 0.25) is 11.8 Å². The van der Waals surface area contributed by atoms with Gasteiger partial charge < -0.3 is 15.3 Å². The molecule has 3 amide bonds. The molecule has 3 aromatic heterocycles. The number of fused-ring (bicyclic) bond motifs is 2. The first-order valence-corrected chi connectivity index (χ1v) is 19.3. The van der Waals surface area contributed by atoms with Gasteiger partial charge in [0.25, 0.3) is 11.8 Å². The quantitative estimate of drug-likeness (QED) is 0.164. The number of carbonyl (C=O) groups excluding carboxylic acids is 3. The summed E-state index contributed by atoms with van der Waals surface area (Å²) >= 11 is 0. The molecule has 57 heavy (non-hydrogen) atoms. The van der Waals surface area contributed by atoms with E-state index < -0.39 is 17.4 Å². The number of nitriles is 1. The van der Waals surface area contributed by atoms with Gasteiger partial charge in [0.05, 0.1) is 52.5 Å². The highest BCUT2D eigenvalue weighted by molar-refractivity contribution is 6.05. The molecule has 3 N–H and O–H groups in total. The molecular weight excluding hydrogens is 733 g/mol. The maximum Gasteiger partial charge on any atom is 0.267 e. The molecule has 2 aliphatic heterocycles. The van der Waals surface area contributed by atoms with Crippen molar-refractivity contribution < 1.29 is 28.3 Å². The van der Waals surface area contributed by atoms with Gasteiger partial charge in [0.1, 0.15) is 6.07 Å². The van der Waals surface area contributed by atoms with E-state index in [1.54, 1.807) is 43.7 Å². The number of nitrogens with one attached hydrogen (secondary N) is 2. The third kappa shape index (κ3) is 9.87. The van der Waals surface area contributed by atoms with Crippen LogP contribution in [-0.4, -0.2) is 78.3 Å². The van der Waals surface area contributed by atoms with E-state index in [0.29, 0.717) is 55.1 Å². The van der Waals surface area contributed by atoms with Gasteiger partial charge in [0.15, 0.2) is 0 Å². The predicted octanol–water partition coefficient (Wildman–Crippen LogP) is 6.73. The van der Waals surface area contributed by atoms with E-state index in [9.17, 15) is 28.3 Å². The number of para-hydroxylation sites is 1. The van der Waals surface area contributed by atoms with E-state index in [1.807, 2.05) is 47.3 Å². The lowest BCUT2D eigenvalue weighted by Crippen LogP contribution is -2.45. The number of imide groups is 1. The second kappa shape index (κ2) is 17.3. The third-order valence-electron chi connectivity index (χ3n) is 10.7. The number of hydrogen-bond donors (Lipinski definition) is 3. The summed E-state index contributed by atoms with van der Waals surface area (Å²) in [5.41, 5.74) is 2.88. The zero-order chi connectivity index (χ0) is 40.9. The molecule has 1 atom stereocenters. The summed E-state index contributed by atoms with van der Waals surface area (Å²) < 4.78 is 32.3. The van der Waals surface area contributed by atoms with Gasteiger partial charge in [-0.15, -0.1) is 0 Å². The van der Waals surface area contributed by atoms with Crippen LogP contribution in [0.1, 0.15) is 111 Å². The van der Waals surface area contributed by atoms with Crippen LogP contribution in [0.5, 0.6) is 0 Å². The lowest BCUT2D eigenvalue weighted by atomic mass is 9.85. The molecule has 5 aromatic rings. The number of pyridine rings is 1. The second-order valence-electron chi connectivity index (χ2n) is 15.7. The van der Waals surface area contributed by atoms with E-state index in [1.165, 1.54) is 37.7 Å². The van der Waals surface area contributed by atoms with Crippen molar-refractivity contribution in [1.29, 1.82) is 5.26 Å². The number of benzene rings is 2. The number of amides is 3. The molecule has 5 heterocycles. The van der Waals surface area contributed by atoms with Crippen LogP contribution in [0.4, 0.5) is 14.5 Å². The molecule has 3 aliphatic rings. The average molecular weight is 782 g/mol. The largest absolute Gasteiger partial charge is 0.386 e. The topological polar surface area (TPSA) is 171 Å². The van der Waals surface area contributed by atoms with Crippen molar-refractivity contribution in [2.45, 2.75) is 95.1 Å². The number of piperidine rings is 2. The first-order chi connectivity index (χ1) is 27.1. The van der Waals surface area contributed by atoms with Crippen LogP contribution < -0.4 is 10.6 Å². The number of likely N-dealkylation sites (tertiary alicyclic amines) is 1. The third-order valence-corrected chi connectivity index (χ3v) is 10.7. The van der Waals surface area contributed by atoms with Crippen LogP contribution in [0.15, 0.2) is 61.2 Å². The highest BCUT2D eigenvalue weighted by atomic mass is 19.3. The molecule has 0 spiro atoms. The molecule has 1 aliphatic carbocycles. The van der Waals surface area contributed by atoms with Gasteiger partial charge >= 0.3 is 0 Å². The Kier molecular flexibility index (Phi) is 12.4. The maximum atomic E-state index is 14.3. The molecule has 3 fully saturated rings. The SMILES string of the molecule is CC(C)(O)c1cc2nn(C3CCCCC3)cc2cc1NC(=O)c1cncc(C#N)c1.CN1CCC(c2cccc3cnn(C)c23)C(F)(F)C1.O=C1CCCC(=O)N1. The molecule has 300 valence electrons. The zero-order valence-electron chi connectivity index (χ0n) is 32.8. The lowest BCUT2D eigenvalue weighted by Gasteiger charge is -2.37. The standard InChI is InChI=1S/C23H25N5O2.C14H17F2N3.C5H7NO2/c1-23(2,30)19-10-20-17(14-28(27-20)18-6-4-3-5-7-18)9-21(19)26-22(29)16-8-15(11-24)12-25-13-16;1-18-7-6-12(14(15,16)9-18)11-5-3-4-10-8-17-19(2)13(10)11;7-4-2-1-3-5(8)6-4/h8-10,12-14,18,30H,3-7H2,1-2H3,(H,26,29);3-5,8,12H,6-7,9H2,1-2H3;1-3H2,(H,6,7,8). The number of aliphatic hydroxyl groups is 1. The number of aromatic nitrogens is 5. The van der Waals surface area contributed by atoms with Gasteiger partial charge in [-0.3, -0.25) is 34.0 Å². The number of hydrogen-bond acceptors (Lipinski definition) is 9. The summed E-state index contributed by atoms with van der Waals surface area (Å²) in [5.74, 6) is -4.07. The number of rotatable bonds is 5. The summed E-state index contributed by atoms with van der Waals surface area (Å²) in [4.78, 5) is 39.1. The number of halogens is 2. The molecule has 2 aromatic carbocycles. The monoisotopic (exact) mass is 781 g/mol. The highest BCUT2D eigenvalue weighted by Crippen LogP contribution is 2.42. The second-order valence-corrected chi connectivity index (χ2v) is 15.7. The predicted molar refractivity (Wildman–Crippen MR) is 212 cm³/mol. The van der Waals surface area contributed by atoms with E-state index in [2.05, 4.69) is 20.7 Å². The van der Waals surface area contributed by atoms with Crippen LogP contribution in [0, 0.1) is 11.3 Å². The molecule has 0 bridgehead atoms. The van der Waals surface area contributed by atoms with Crippen LogP contribution in [-0.2, 0) is 22.2 Å². The van der Waals surface area contributed by atoms with Crippen LogP contribution in [0.3, 0.4) is 0 Å². The zero-order valence-corrected chi connectivity index (χ0v) is 32.8. The summed E-state index contributed by atoms with van der Waals surface area (Å²) in [6.07, 6.45) is 14.7. The van der Waals surface area contributed by atoms with Gasteiger partial charge in [0, 0.05) is 60.5 Å². The molecule has 2 saturated heterocycles. The lowest BCUT2D eigenvalue weighted by molar-refractivity contribution is -0.133.